The molecular formula is C24H27N8O5S2+. The van der Waals surface area contributed by atoms with Crippen molar-refractivity contribution in [3.8, 4) is 0 Å². The van der Waals surface area contributed by atoms with E-state index in [9.17, 15) is 19.5 Å². The molecule has 0 saturated carbocycles. The van der Waals surface area contributed by atoms with Crippen LogP contribution in [0.2, 0.25) is 0 Å². The lowest BCUT2D eigenvalue weighted by Gasteiger charge is -2.49. The van der Waals surface area contributed by atoms with Gasteiger partial charge in [0.2, 0.25) is 0 Å². The highest BCUT2D eigenvalue weighted by molar-refractivity contribution is 8.00. The molecule has 2 amide bonds. The summed E-state index contributed by atoms with van der Waals surface area (Å²) in [6, 6.07) is 4.91. The fourth-order valence-electron chi connectivity index (χ4n) is 4.70. The minimum atomic E-state index is -1.19. The molecule has 2 aliphatic rings. The van der Waals surface area contributed by atoms with E-state index in [1.807, 2.05) is 49.3 Å². The number of nitrogens with two attached hydrogens (primary N) is 1. The molecule has 4 N–H and O–H groups in total. The second kappa shape index (κ2) is 10.7. The molecule has 0 unspecified atom stereocenters. The first-order valence-corrected chi connectivity index (χ1v) is 13.8. The molecule has 39 heavy (non-hydrogen) atoms. The monoisotopic (exact) mass is 571 g/mol. The number of oxime groups is 1. The summed E-state index contributed by atoms with van der Waals surface area (Å²) in [4.78, 5) is 50.7. The summed E-state index contributed by atoms with van der Waals surface area (Å²) < 4.78 is 4.06. The van der Waals surface area contributed by atoms with Gasteiger partial charge in [-0.25, -0.2) is 14.3 Å². The van der Waals surface area contributed by atoms with Crippen molar-refractivity contribution in [3.63, 3.8) is 0 Å². The highest BCUT2D eigenvalue weighted by Gasteiger charge is 2.54. The number of hydrogen-bond acceptors (Lipinski definition) is 10. The average molecular weight is 572 g/mol. The Morgan fingerprint density at radius 3 is 2.85 bits per heavy atom. The number of anilines is 1. The zero-order valence-corrected chi connectivity index (χ0v) is 23.0. The Morgan fingerprint density at radius 1 is 1.38 bits per heavy atom. The number of carbonyl (C=O) groups excluding carboxylic acids is 2. The maximum atomic E-state index is 13.2. The van der Waals surface area contributed by atoms with Crippen molar-refractivity contribution in [2.24, 2.45) is 5.16 Å². The fourth-order valence-corrected chi connectivity index (χ4v) is 6.58. The number of nitrogens with one attached hydrogen (secondary N) is 1. The van der Waals surface area contributed by atoms with Gasteiger partial charge in [-0.15, -0.1) is 23.1 Å². The Balaban J connectivity index is 1.39. The van der Waals surface area contributed by atoms with Gasteiger partial charge in [0.1, 0.15) is 42.7 Å². The minimum absolute atomic E-state index is 0.0516. The maximum Gasteiger partial charge on any atom is 0.352 e. The summed E-state index contributed by atoms with van der Waals surface area (Å²) in [5.74, 6) is -1.99. The number of β-lactam (4-membered cyclic amide) rings is 1. The molecule has 3 aromatic heterocycles. The zero-order chi connectivity index (χ0) is 27.8. The van der Waals surface area contributed by atoms with E-state index in [-0.39, 0.29) is 22.2 Å². The highest BCUT2D eigenvalue weighted by Crippen LogP contribution is 2.41. The van der Waals surface area contributed by atoms with Crippen LogP contribution in [0.5, 0.6) is 0 Å². The van der Waals surface area contributed by atoms with E-state index in [4.69, 9.17) is 10.6 Å². The topological polar surface area (TPSA) is 159 Å². The number of thiazole rings is 1. The predicted octanol–water partition coefficient (Wildman–Crippen LogP) is 0.116. The van der Waals surface area contributed by atoms with Gasteiger partial charge >= 0.3 is 5.97 Å². The number of nitrogens with zero attached hydrogens (tertiary/aromatic N) is 6. The number of nitrogen functional groups attached to an aromatic ring is 1. The molecule has 5 heterocycles. The normalized spacial score (nSPS) is 19.3. The Kier molecular flexibility index (Phi) is 7.29. The second-order valence-corrected chi connectivity index (χ2v) is 11.2. The molecule has 1 fully saturated rings. The molecule has 0 aromatic carbocycles. The van der Waals surface area contributed by atoms with Gasteiger partial charge in [0.25, 0.3) is 17.5 Å². The third-order valence-electron chi connectivity index (χ3n) is 6.28. The van der Waals surface area contributed by atoms with Crippen LogP contribution in [0.15, 0.2) is 52.4 Å². The number of thioether (sulfide) groups is 1. The van der Waals surface area contributed by atoms with E-state index in [2.05, 4.69) is 24.8 Å². The van der Waals surface area contributed by atoms with Crippen LogP contribution in [0.4, 0.5) is 5.13 Å². The van der Waals surface area contributed by atoms with Crippen molar-refractivity contribution >= 4 is 57.4 Å². The van der Waals surface area contributed by atoms with Crippen molar-refractivity contribution in [2.45, 2.75) is 24.5 Å². The summed E-state index contributed by atoms with van der Waals surface area (Å²) in [5, 5.41) is 17.8. The van der Waals surface area contributed by atoms with Crippen molar-refractivity contribution in [1.29, 1.82) is 0 Å². The maximum absolute atomic E-state index is 13.2. The van der Waals surface area contributed by atoms with Crippen molar-refractivity contribution in [2.75, 3.05) is 32.7 Å². The van der Waals surface area contributed by atoms with Crippen molar-refractivity contribution in [1.82, 2.24) is 24.7 Å². The van der Waals surface area contributed by atoms with E-state index in [0.29, 0.717) is 24.4 Å². The van der Waals surface area contributed by atoms with Gasteiger partial charge < -0.3 is 25.9 Å². The van der Waals surface area contributed by atoms with E-state index >= 15 is 0 Å². The second-order valence-electron chi connectivity index (χ2n) is 9.23. The molecule has 2 aliphatic heterocycles. The number of amides is 2. The Bertz CT molecular complexity index is 1530. The smallest absolute Gasteiger partial charge is 0.352 e. The van der Waals surface area contributed by atoms with Gasteiger partial charge in [-0.1, -0.05) is 11.2 Å². The summed E-state index contributed by atoms with van der Waals surface area (Å²) in [6.45, 7) is 1.01. The van der Waals surface area contributed by atoms with Gasteiger partial charge in [-0.3, -0.25) is 14.5 Å². The van der Waals surface area contributed by atoms with Gasteiger partial charge in [0.15, 0.2) is 16.5 Å². The lowest BCUT2D eigenvalue weighted by atomic mass is 10.0. The molecule has 2 atom stereocenters. The number of carboxylic acid groups (broad SMARTS) is 1. The number of aliphatic carboxylic acids is 1. The first kappa shape index (κ1) is 26.6. The molecule has 0 bridgehead atoms. The number of carboxylic acids is 1. The number of rotatable bonds is 9. The Morgan fingerprint density at radius 2 is 2.18 bits per heavy atom. The highest BCUT2D eigenvalue weighted by atomic mass is 32.2. The minimum Gasteiger partial charge on any atom is -0.477 e. The Hall–Kier alpha value is -3.95. The van der Waals surface area contributed by atoms with Gasteiger partial charge in [0, 0.05) is 22.8 Å². The van der Waals surface area contributed by atoms with E-state index < -0.39 is 29.2 Å². The van der Waals surface area contributed by atoms with Crippen LogP contribution in [-0.4, -0.2) is 86.3 Å². The van der Waals surface area contributed by atoms with Gasteiger partial charge in [-0.2, -0.15) is 4.40 Å². The molecule has 0 radical (unpaired) electrons. The number of hydrogen-bond donors (Lipinski definition) is 3. The molecule has 13 nitrogen and oxygen atoms in total. The lowest BCUT2D eigenvalue weighted by molar-refractivity contribution is -0.521. The standard InChI is InChI=1S/C24H26N8O5S2/c1-29(2)9-14-10-30(16-6-4-5-7-31(14)16)8-13-11-38-22-18(21(34)32(22)19(13)23(35)36)27-20(33)17(28-37-3)15-12-39-24(25)26-15/h4-7,10,12,18,22H,8-9,11H2,1-3H3,(H3-,25,26,27,33,35,36)/p+1/b28-17-/t18-,22-/m1/s1. The summed E-state index contributed by atoms with van der Waals surface area (Å²) in [5.41, 5.74) is 8.28. The molecule has 204 valence electrons. The molecule has 15 heteroatoms. The molecular weight excluding hydrogens is 544 g/mol. The quantitative estimate of drug-likeness (QED) is 0.140. The first-order valence-electron chi connectivity index (χ1n) is 11.9. The zero-order valence-electron chi connectivity index (χ0n) is 21.4. The third-order valence-corrected chi connectivity index (χ3v) is 8.30. The number of imidazole rings is 1. The van der Waals surface area contributed by atoms with E-state index in [0.717, 1.165) is 22.7 Å². The van der Waals surface area contributed by atoms with Crippen LogP contribution in [-0.2, 0) is 32.3 Å². The number of fused-ring (bicyclic) bond motifs is 2. The van der Waals surface area contributed by atoms with Crippen molar-refractivity contribution < 1.29 is 28.7 Å². The lowest BCUT2D eigenvalue weighted by Crippen LogP contribution is -2.71. The summed E-state index contributed by atoms with van der Waals surface area (Å²) in [6.07, 6.45) is 3.97. The van der Waals surface area contributed by atoms with Crippen LogP contribution in [0.25, 0.3) is 5.65 Å². The first-order chi connectivity index (χ1) is 18.7. The van der Waals surface area contributed by atoms with Crippen LogP contribution < -0.4 is 15.5 Å². The van der Waals surface area contributed by atoms with Gasteiger partial charge in [0.05, 0.1) is 12.7 Å². The molecule has 5 rings (SSSR count). The summed E-state index contributed by atoms with van der Waals surface area (Å²) in [7, 11) is 5.26. The van der Waals surface area contributed by atoms with E-state index in [1.54, 1.807) is 5.38 Å². The Labute approximate surface area is 231 Å². The van der Waals surface area contributed by atoms with Gasteiger partial charge in [-0.05, 0) is 20.2 Å². The number of pyridine rings is 1. The molecule has 0 spiro atoms. The molecule has 0 aliphatic carbocycles. The van der Waals surface area contributed by atoms with Crippen molar-refractivity contribution in [3.05, 3.63) is 58.6 Å². The molecule has 3 aromatic rings. The fraction of sp³-hybridized carbons (Fsp3) is 0.333. The van der Waals surface area contributed by atoms with Crippen LogP contribution >= 0.6 is 23.1 Å². The summed E-state index contributed by atoms with van der Waals surface area (Å²) >= 11 is 2.54. The number of aromatic nitrogens is 3. The predicted molar refractivity (Wildman–Crippen MR) is 145 cm³/mol. The average Bonchev–Trinajstić information content (AvgIpc) is 3.48. The van der Waals surface area contributed by atoms with Crippen LogP contribution in [0, 0.1) is 0 Å². The van der Waals surface area contributed by atoms with E-state index in [1.165, 1.54) is 23.8 Å². The SMILES string of the molecule is CO/N=C(\C(=O)N[C@@H]1C(=O)N2C(C(=O)O)=C(Cn3cc(CN(C)C)[n+]4ccccc34)CS[C@H]12)c1csc(N)n1. The number of carbonyl (C=O) groups is 3. The molecule has 1 saturated heterocycles. The largest absolute Gasteiger partial charge is 0.477 e. The third kappa shape index (κ3) is 4.95. The van der Waals surface area contributed by atoms with Crippen LogP contribution in [0.3, 0.4) is 0 Å². The van der Waals surface area contributed by atoms with Crippen LogP contribution in [0.1, 0.15) is 11.4 Å².